The second kappa shape index (κ2) is 8.11. The van der Waals surface area contributed by atoms with Crippen LogP contribution in [0.15, 0.2) is 42.5 Å². The van der Waals surface area contributed by atoms with E-state index in [0.29, 0.717) is 31.0 Å². The third-order valence-corrected chi connectivity index (χ3v) is 5.71. The molecule has 4 nitrogen and oxygen atoms in total. The van der Waals surface area contributed by atoms with E-state index in [4.69, 9.17) is 0 Å². The molecule has 29 heavy (non-hydrogen) atoms. The second-order valence-electron chi connectivity index (χ2n) is 8.43. The van der Waals surface area contributed by atoms with E-state index in [1.54, 1.807) is 13.8 Å². The lowest BCUT2D eigenvalue weighted by Gasteiger charge is -2.41. The minimum Gasteiger partial charge on any atom is -0.368 e. The van der Waals surface area contributed by atoms with Gasteiger partial charge in [0, 0.05) is 43.6 Å². The average molecular weight is 399 g/mol. The molecule has 0 spiro atoms. The van der Waals surface area contributed by atoms with Gasteiger partial charge in [-0.1, -0.05) is 30.3 Å². The van der Waals surface area contributed by atoms with E-state index < -0.39 is 17.5 Å². The Kier molecular flexibility index (Phi) is 5.54. The third kappa shape index (κ3) is 4.27. The lowest BCUT2D eigenvalue weighted by atomic mass is 9.98. The monoisotopic (exact) mass is 399 g/mol. The first-order valence-electron chi connectivity index (χ1n) is 10.3. The van der Waals surface area contributed by atoms with Crippen LogP contribution in [-0.4, -0.2) is 37.6 Å². The molecular weight excluding hydrogens is 372 g/mol. The van der Waals surface area contributed by atoms with Gasteiger partial charge in [-0.2, -0.15) is 0 Å². The molecule has 2 atom stereocenters. The summed E-state index contributed by atoms with van der Waals surface area (Å²) in [7, 11) is 0. The van der Waals surface area contributed by atoms with Gasteiger partial charge in [-0.25, -0.2) is 8.78 Å². The number of benzene rings is 2. The zero-order valence-corrected chi connectivity index (χ0v) is 16.8. The topological polar surface area (TPSA) is 44.4 Å². The zero-order chi connectivity index (χ0) is 20.5. The molecule has 2 aliphatic rings. The molecular formula is C23H27F2N3O. The van der Waals surface area contributed by atoms with Gasteiger partial charge in [-0.15, -0.1) is 0 Å². The van der Waals surface area contributed by atoms with Crippen molar-refractivity contribution in [3.05, 3.63) is 65.2 Å². The molecule has 0 bridgehead atoms. The van der Waals surface area contributed by atoms with Crippen molar-refractivity contribution in [2.75, 3.05) is 24.5 Å². The maximum Gasteiger partial charge on any atom is 0.254 e. The first kappa shape index (κ1) is 19.8. The fourth-order valence-corrected chi connectivity index (χ4v) is 4.00. The number of amides is 1. The number of hydrogen-bond donors (Lipinski definition) is 2. The standard InChI is InChI=1S/C23H27F2N3O/c1-14(2)27-23(29)17-8-9-20(22(25)21(17)24)28-12-15(13-28)11-26-19-10-18(19)16-6-4-3-5-7-16/h3-9,14-15,18-19,26H,10-13H2,1-2H3,(H,27,29). The van der Waals surface area contributed by atoms with Crippen molar-refractivity contribution in [3.63, 3.8) is 0 Å². The molecule has 0 radical (unpaired) electrons. The summed E-state index contributed by atoms with van der Waals surface area (Å²) in [6, 6.07) is 13.7. The number of nitrogens with zero attached hydrogens (tertiary/aromatic N) is 1. The molecule has 2 aromatic carbocycles. The summed E-state index contributed by atoms with van der Waals surface area (Å²) in [6.45, 7) is 5.80. The fraction of sp³-hybridized carbons (Fsp3) is 0.435. The van der Waals surface area contributed by atoms with Crippen molar-refractivity contribution in [3.8, 4) is 0 Å². The van der Waals surface area contributed by atoms with Gasteiger partial charge in [0.2, 0.25) is 0 Å². The van der Waals surface area contributed by atoms with Crippen molar-refractivity contribution in [1.82, 2.24) is 10.6 Å². The number of carbonyl (C=O) groups is 1. The molecule has 2 aromatic rings. The highest BCUT2D eigenvalue weighted by molar-refractivity contribution is 5.95. The number of carbonyl (C=O) groups excluding carboxylic acids is 1. The van der Waals surface area contributed by atoms with Gasteiger partial charge in [-0.05, 0) is 38.0 Å². The van der Waals surface area contributed by atoms with Crippen molar-refractivity contribution in [2.24, 2.45) is 5.92 Å². The summed E-state index contributed by atoms with van der Waals surface area (Å²) in [5, 5.41) is 6.19. The highest BCUT2D eigenvalue weighted by atomic mass is 19.2. The molecule has 1 aliphatic heterocycles. The van der Waals surface area contributed by atoms with Crippen LogP contribution in [0.3, 0.4) is 0 Å². The van der Waals surface area contributed by atoms with Crippen LogP contribution >= 0.6 is 0 Å². The van der Waals surface area contributed by atoms with E-state index >= 15 is 0 Å². The van der Waals surface area contributed by atoms with Gasteiger partial charge in [0.25, 0.3) is 5.91 Å². The van der Waals surface area contributed by atoms with Crippen LogP contribution in [0.25, 0.3) is 0 Å². The van der Waals surface area contributed by atoms with Gasteiger partial charge in [0.1, 0.15) is 0 Å². The highest BCUT2D eigenvalue weighted by Gasteiger charge is 2.39. The molecule has 1 saturated carbocycles. The molecule has 2 N–H and O–H groups in total. The van der Waals surface area contributed by atoms with Crippen LogP contribution in [0, 0.1) is 17.6 Å². The summed E-state index contributed by atoms with van der Waals surface area (Å²) in [4.78, 5) is 13.8. The van der Waals surface area contributed by atoms with Crippen molar-refractivity contribution >= 4 is 11.6 Å². The maximum atomic E-state index is 14.5. The minimum absolute atomic E-state index is 0.138. The molecule has 6 heteroatoms. The molecule has 2 fully saturated rings. The van der Waals surface area contributed by atoms with Crippen LogP contribution in [-0.2, 0) is 0 Å². The normalized spacial score (nSPS) is 21.2. The average Bonchev–Trinajstić information content (AvgIpc) is 3.43. The van der Waals surface area contributed by atoms with Crippen LogP contribution in [0.2, 0.25) is 0 Å². The lowest BCUT2D eigenvalue weighted by Crippen LogP contribution is -2.51. The van der Waals surface area contributed by atoms with Crippen molar-refractivity contribution in [1.29, 1.82) is 0 Å². The van der Waals surface area contributed by atoms with E-state index in [-0.39, 0.29) is 17.3 Å². The maximum absolute atomic E-state index is 14.5. The Bertz CT molecular complexity index is 881. The van der Waals surface area contributed by atoms with Crippen LogP contribution < -0.4 is 15.5 Å². The minimum atomic E-state index is -1.08. The Morgan fingerprint density at radius 1 is 1.10 bits per heavy atom. The van der Waals surface area contributed by atoms with Crippen LogP contribution in [0.4, 0.5) is 14.5 Å². The predicted octanol–water partition coefficient (Wildman–Crippen LogP) is 3.68. The zero-order valence-electron chi connectivity index (χ0n) is 16.8. The van der Waals surface area contributed by atoms with Gasteiger partial charge in [0.05, 0.1) is 11.3 Å². The molecule has 1 heterocycles. The summed E-state index contributed by atoms with van der Waals surface area (Å²) in [6.07, 6.45) is 1.15. The molecule has 1 saturated heterocycles. The van der Waals surface area contributed by atoms with Gasteiger partial charge in [0.15, 0.2) is 11.6 Å². The second-order valence-corrected chi connectivity index (χ2v) is 8.43. The Hall–Kier alpha value is -2.47. The molecule has 1 amide bonds. The van der Waals surface area contributed by atoms with E-state index in [0.717, 1.165) is 13.0 Å². The van der Waals surface area contributed by atoms with Gasteiger partial charge >= 0.3 is 0 Å². The summed E-state index contributed by atoms with van der Waals surface area (Å²) >= 11 is 0. The number of halogens is 2. The summed E-state index contributed by atoms with van der Waals surface area (Å²) < 4.78 is 28.9. The van der Waals surface area contributed by atoms with Crippen LogP contribution in [0.5, 0.6) is 0 Å². The van der Waals surface area contributed by atoms with Crippen molar-refractivity contribution < 1.29 is 13.6 Å². The lowest BCUT2D eigenvalue weighted by molar-refractivity contribution is 0.0938. The number of nitrogens with one attached hydrogen (secondary N) is 2. The van der Waals surface area contributed by atoms with E-state index in [1.807, 2.05) is 11.0 Å². The Balaban J connectivity index is 1.28. The molecule has 1 aliphatic carbocycles. The molecule has 154 valence electrons. The number of anilines is 1. The predicted molar refractivity (Wildman–Crippen MR) is 110 cm³/mol. The summed E-state index contributed by atoms with van der Waals surface area (Å²) in [5.41, 5.74) is 1.35. The number of rotatable bonds is 7. The largest absolute Gasteiger partial charge is 0.368 e. The van der Waals surface area contributed by atoms with E-state index in [9.17, 15) is 13.6 Å². The Labute approximate surface area is 170 Å². The highest BCUT2D eigenvalue weighted by Crippen LogP contribution is 2.41. The molecule has 0 aromatic heterocycles. The van der Waals surface area contributed by atoms with Gasteiger partial charge < -0.3 is 15.5 Å². The fourth-order valence-electron chi connectivity index (χ4n) is 4.00. The van der Waals surface area contributed by atoms with E-state index in [2.05, 4.69) is 34.9 Å². The van der Waals surface area contributed by atoms with E-state index in [1.165, 1.54) is 17.7 Å². The smallest absolute Gasteiger partial charge is 0.254 e. The SMILES string of the molecule is CC(C)NC(=O)c1ccc(N2CC(CNC3CC3c3ccccc3)C2)c(F)c1F. The Morgan fingerprint density at radius 3 is 2.52 bits per heavy atom. The van der Waals surface area contributed by atoms with Crippen molar-refractivity contribution in [2.45, 2.75) is 38.3 Å². The van der Waals surface area contributed by atoms with Gasteiger partial charge in [-0.3, -0.25) is 4.79 Å². The molecule has 2 unspecified atom stereocenters. The Morgan fingerprint density at radius 2 is 1.83 bits per heavy atom. The van der Waals surface area contributed by atoms with Crippen LogP contribution in [0.1, 0.15) is 42.1 Å². The first-order chi connectivity index (χ1) is 13.9. The molecule has 4 rings (SSSR count). The first-order valence-corrected chi connectivity index (χ1v) is 10.3. The quantitative estimate of drug-likeness (QED) is 0.747. The number of hydrogen-bond acceptors (Lipinski definition) is 3. The summed E-state index contributed by atoms with van der Waals surface area (Å²) in [5.74, 6) is -1.61. The third-order valence-electron chi connectivity index (χ3n) is 5.71.